The largest absolute Gasteiger partial charge is 0.497 e. The van der Waals surface area contributed by atoms with Gasteiger partial charge in [0.15, 0.2) is 0 Å². The van der Waals surface area contributed by atoms with Gasteiger partial charge in [0.1, 0.15) is 16.4 Å². The summed E-state index contributed by atoms with van der Waals surface area (Å²) in [6.07, 6.45) is 0.100. The molecule has 9 heteroatoms. The number of nitrogens with one attached hydrogen (secondary N) is 2. The fourth-order valence-corrected chi connectivity index (χ4v) is 4.40. The Hall–Kier alpha value is -3.23. The van der Waals surface area contributed by atoms with Gasteiger partial charge in [-0.3, -0.25) is 9.52 Å². The molecule has 0 saturated carbocycles. The summed E-state index contributed by atoms with van der Waals surface area (Å²) in [5, 5.41) is 2.97. The smallest absolute Gasteiger partial charge is 0.265 e. The lowest BCUT2D eigenvalue weighted by Gasteiger charge is -2.14. The zero-order valence-corrected chi connectivity index (χ0v) is 18.5. The van der Waals surface area contributed by atoms with Crippen LogP contribution in [0.15, 0.2) is 71.6 Å². The number of amides is 1. The van der Waals surface area contributed by atoms with Crippen molar-refractivity contribution in [2.75, 3.05) is 24.3 Å². The molecule has 0 fully saturated rings. The molecule has 0 aromatic heterocycles. The molecule has 0 heterocycles. The summed E-state index contributed by atoms with van der Waals surface area (Å²) in [5.74, 6) is 0.472. The average Bonchev–Trinajstić information content (AvgIpc) is 2.75. The molecule has 0 saturated heterocycles. The van der Waals surface area contributed by atoms with Crippen LogP contribution in [-0.4, -0.2) is 28.5 Å². The highest BCUT2D eigenvalue weighted by molar-refractivity contribution is 7.92. The number of hydrogen-bond donors (Lipinski definition) is 2. The van der Waals surface area contributed by atoms with Crippen LogP contribution in [-0.2, 0) is 21.2 Å². The molecule has 0 aliphatic rings. The van der Waals surface area contributed by atoms with Crippen LogP contribution in [0.3, 0.4) is 0 Å². The van der Waals surface area contributed by atoms with Gasteiger partial charge in [0.25, 0.3) is 10.0 Å². The monoisotopic (exact) mass is 460 g/mol. The van der Waals surface area contributed by atoms with Gasteiger partial charge < -0.3 is 14.8 Å². The van der Waals surface area contributed by atoms with Crippen molar-refractivity contribution in [3.05, 3.63) is 77.3 Å². The number of para-hydroxylation sites is 1. The topological polar surface area (TPSA) is 93.7 Å². The maximum atomic E-state index is 13.0. The van der Waals surface area contributed by atoms with Gasteiger partial charge in [-0.25, -0.2) is 8.42 Å². The van der Waals surface area contributed by atoms with Crippen molar-refractivity contribution in [2.24, 2.45) is 0 Å². The van der Waals surface area contributed by atoms with Gasteiger partial charge in [0.05, 0.1) is 31.4 Å². The molecule has 0 spiro atoms. The molecular formula is C22H21ClN2O5S. The van der Waals surface area contributed by atoms with E-state index in [1.165, 1.54) is 19.2 Å². The molecule has 0 atom stereocenters. The predicted octanol–water partition coefficient (Wildman–Crippen LogP) is 4.34. The van der Waals surface area contributed by atoms with E-state index in [-0.39, 0.29) is 33.7 Å². The van der Waals surface area contributed by atoms with E-state index in [0.29, 0.717) is 11.4 Å². The zero-order chi connectivity index (χ0) is 22.4. The lowest BCUT2D eigenvalue weighted by atomic mass is 10.1. The fraction of sp³-hybridized carbons (Fsp3) is 0.136. The van der Waals surface area contributed by atoms with Crippen molar-refractivity contribution in [3.8, 4) is 11.5 Å². The third kappa shape index (κ3) is 5.68. The van der Waals surface area contributed by atoms with E-state index in [0.717, 1.165) is 5.56 Å². The number of carbonyl (C=O) groups is 1. The summed E-state index contributed by atoms with van der Waals surface area (Å²) in [6.45, 7) is 0. The van der Waals surface area contributed by atoms with E-state index in [2.05, 4.69) is 10.0 Å². The number of methoxy groups -OCH3 is 2. The predicted molar refractivity (Wildman–Crippen MR) is 121 cm³/mol. The zero-order valence-electron chi connectivity index (χ0n) is 16.9. The second-order valence-electron chi connectivity index (χ2n) is 6.53. The van der Waals surface area contributed by atoms with Crippen molar-refractivity contribution in [1.29, 1.82) is 0 Å². The standard InChI is InChI=1S/C22H21ClN2O5S/c1-29-17-7-5-6-15(12-17)13-22(26)24-16-10-11-20(30-2)21(14-16)31(27,28)25-19-9-4-3-8-18(19)23/h3-12,14,25H,13H2,1-2H3,(H,24,26). The second-order valence-corrected chi connectivity index (χ2v) is 8.59. The Labute approximate surface area is 186 Å². The molecule has 0 unspecified atom stereocenters. The highest BCUT2D eigenvalue weighted by Gasteiger charge is 2.22. The highest BCUT2D eigenvalue weighted by atomic mass is 35.5. The summed E-state index contributed by atoms with van der Waals surface area (Å²) in [4.78, 5) is 12.3. The van der Waals surface area contributed by atoms with Crippen LogP contribution < -0.4 is 19.5 Å². The molecule has 0 radical (unpaired) electrons. The van der Waals surface area contributed by atoms with Crippen LogP contribution in [0.2, 0.25) is 5.02 Å². The van der Waals surface area contributed by atoms with Crippen molar-refractivity contribution in [2.45, 2.75) is 11.3 Å². The summed E-state index contributed by atoms with van der Waals surface area (Å²) in [7, 11) is -1.12. The lowest BCUT2D eigenvalue weighted by Crippen LogP contribution is -2.17. The third-order valence-corrected chi connectivity index (χ3v) is 6.07. The quantitative estimate of drug-likeness (QED) is 0.521. The molecule has 3 rings (SSSR count). The van der Waals surface area contributed by atoms with Crippen LogP contribution in [0.5, 0.6) is 11.5 Å². The Morgan fingerprint density at radius 3 is 2.45 bits per heavy atom. The number of carbonyl (C=O) groups excluding carboxylic acids is 1. The first-order valence-corrected chi connectivity index (χ1v) is 11.1. The Morgan fingerprint density at radius 2 is 1.74 bits per heavy atom. The van der Waals surface area contributed by atoms with Gasteiger partial charge in [-0.1, -0.05) is 35.9 Å². The van der Waals surface area contributed by atoms with E-state index in [1.54, 1.807) is 61.7 Å². The van der Waals surface area contributed by atoms with Crippen LogP contribution in [0.1, 0.15) is 5.56 Å². The van der Waals surface area contributed by atoms with E-state index in [4.69, 9.17) is 21.1 Å². The van der Waals surface area contributed by atoms with Gasteiger partial charge in [0, 0.05) is 5.69 Å². The van der Waals surface area contributed by atoms with E-state index >= 15 is 0 Å². The highest BCUT2D eigenvalue weighted by Crippen LogP contribution is 2.31. The molecule has 0 aliphatic heterocycles. The van der Waals surface area contributed by atoms with Gasteiger partial charge >= 0.3 is 0 Å². The van der Waals surface area contributed by atoms with E-state index in [9.17, 15) is 13.2 Å². The first-order valence-electron chi connectivity index (χ1n) is 9.20. The SMILES string of the molecule is COc1cccc(CC(=O)Nc2ccc(OC)c(S(=O)(=O)Nc3ccccc3Cl)c2)c1. The molecule has 7 nitrogen and oxygen atoms in total. The molecule has 3 aromatic rings. The number of halogens is 1. The van der Waals surface area contributed by atoms with Crippen molar-refractivity contribution >= 4 is 38.9 Å². The fourth-order valence-electron chi connectivity index (χ4n) is 2.88. The Morgan fingerprint density at radius 1 is 0.968 bits per heavy atom. The van der Waals surface area contributed by atoms with Gasteiger partial charge in [-0.2, -0.15) is 0 Å². The molecule has 0 aliphatic carbocycles. The molecule has 3 aromatic carbocycles. The number of rotatable bonds is 8. The maximum absolute atomic E-state index is 13.0. The molecule has 1 amide bonds. The number of ether oxygens (including phenoxy) is 2. The van der Waals surface area contributed by atoms with Crippen molar-refractivity contribution < 1.29 is 22.7 Å². The lowest BCUT2D eigenvalue weighted by molar-refractivity contribution is -0.115. The summed E-state index contributed by atoms with van der Waals surface area (Å²) in [5.41, 5.74) is 1.31. The summed E-state index contributed by atoms with van der Waals surface area (Å²) in [6, 6.07) is 18.0. The minimum Gasteiger partial charge on any atom is -0.497 e. The Balaban J connectivity index is 1.82. The Bertz CT molecular complexity index is 1200. The molecule has 31 heavy (non-hydrogen) atoms. The van der Waals surface area contributed by atoms with Crippen LogP contribution in [0.25, 0.3) is 0 Å². The number of hydrogen-bond acceptors (Lipinski definition) is 5. The molecule has 2 N–H and O–H groups in total. The minimum atomic E-state index is -4.03. The minimum absolute atomic E-state index is 0.100. The van der Waals surface area contributed by atoms with Crippen LogP contribution >= 0.6 is 11.6 Å². The van der Waals surface area contributed by atoms with E-state index in [1.807, 2.05) is 0 Å². The maximum Gasteiger partial charge on any atom is 0.265 e. The van der Waals surface area contributed by atoms with Crippen molar-refractivity contribution in [1.82, 2.24) is 0 Å². The summed E-state index contributed by atoms with van der Waals surface area (Å²) < 4.78 is 38.7. The Kier molecular flexibility index (Phi) is 7.04. The molecule has 162 valence electrons. The average molecular weight is 461 g/mol. The van der Waals surface area contributed by atoms with Crippen LogP contribution in [0, 0.1) is 0 Å². The van der Waals surface area contributed by atoms with Gasteiger partial charge in [-0.05, 0) is 48.0 Å². The molecule has 0 bridgehead atoms. The third-order valence-electron chi connectivity index (χ3n) is 4.35. The van der Waals surface area contributed by atoms with Crippen molar-refractivity contribution in [3.63, 3.8) is 0 Å². The van der Waals surface area contributed by atoms with Gasteiger partial charge in [-0.15, -0.1) is 0 Å². The number of sulfonamides is 1. The molecular weight excluding hydrogens is 440 g/mol. The van der Waals surface area contributed by atoms with Crippen LogP contribution in [0.4, 0.5) is 11.4 Å². The first kappa shape index (κ1) is 22.5. The summed E-state index contributed by atoms with van der Waals surface area (Å²) >= 11 is 6.07. The normalized spacial score (nSPS) is 10.9. The number of benzene rings is 3. The van der Waals surface area contributed by atoms with Gasteiger partial charge in [0.2, 0.25) is 5.91 Å². The first-order chi connectivity index (χ1) is 14.8. The van der Waals surface area contributed by atoms with E-state index < -0.39 is 10.0 Å². The number of anilines is 2. The second kappa shape index (κ2) is 9.72.